The zero-order valence-electron chi connectivity index (χ0n) is 14.5. The van der Waals surface area contributed by atoms with Crippen LogP contribution in [0.1, 0.15) is 52.0 Å². The third kappa shape index (κ3) is 9.42. The van der Waals surface area contributed by atoms with E-state index in [9.17, 15) is 0 Å². The number of rotatable bonds is 13. The highest BCUT2D eigenvalue weighted by molar-refractivity contribution is 6.60. The van der Waals surface area contributed by atoms with Crippen LogP contribution in [0.25, 0.3) is 0 Å². The normalized spacial score (nSPS) is 11.3. The van der Waals surface area contributed by atoms with Crippen LogP contribution >= 0.6 is 0 Å². The third-order valence-electron chi connectivity index (χ3n) is 3.63. The van der Waals surface area contributed by atoms with Gasteiger partial charge < -0.3 is 13.3 Å². The molecule has 0 bridgehead atoms. The summed E-state index contributed by atoms with van der Waals surface area (Å²) in [4.78, 5) is 0. The molecule has 0 N–H and O–H groups in total. The van der Waals surface area contributed by atoms with Gasteiger partial charge in [-0.1, -0.05) is 43.2 Å². The van der Waals surface area contributed by atoms with Crippen LogP contribution in [0.3, 0.4) is 0 Å². The standard InChI is InChI=1S/C18H32O3Si.H4Si/c1-4-19-22(20-5-2,21-6-3)17-13-8-7-10-14-18-15-11-9-12-16-18;/h9,11-12,15-16H,4-8,10,13-14,17H2,1-3H3;1H4. The van der Waals surface area contributed by atoms with Crippen molar-refractivity contribution in [1.82, 2.24) is 0 Å². The molecule has 0 fully saturated rings. The highest BCUT2D eigenvalue weighted by atomic mass is 28.4. The molecule has 1 rings (SSSR count). The van der Waals surface area contributed by atoms with Crippen molar-refractivity contribution in [3.63, 3.8) is 0 Å². The molecule has 0 aromatic heterocycles. The Labute approximate surface area is 148 Å². The highest BCUT2D eigenvalue weighted by Gasteiger charge is 2.39. The van der Waals surface area contributed by atoms with Crippen LogP contribution in [-0.2, 0) is 19.7 Å². The molecule has 23 heavy (non-hydrogen) atoms. The first-order chi connectivity index (χ1) is 10.8. The van der Waals surface area contributed by atoms with Gasteiger partial charge in [-0.3, -0.25) is 0 Å². The first-order valence-electron chi connectivity index (χ1n) is 8.72. The number of hydrogen-bond donors (Lipinski definition) is 0. The molecule has 0 heterocycles. The average molecular weight is 357 g/mol. The van der Waals surface area contributed by atoms with E-state index in [2.05, 4.69) is 30.3 Å². The van der Waals surface area contributed by atoms with E-state index in [0.717, 1.165) is 12.5 Å². The van der Waals surface area contributed by atoms with Crippen LogP contribution in [0, 0.1) is 0 Å². The molecule has 5 heteroatoms. The van der Waals surface area contributed by atoms with E-state index < -0.39 is 8.80 Å². The fourth-order valence-corrected chi connectivity index (χ4v) is 5.36. The molecule has 0 aliphatic rings. The first-order valence-corrected chi connectivity index (χ1v) is 10.6. The molecular weight excluding hydrogens is 320 g/mol. The topological polar surface area (TPSA) is 27.7 Å². The zero-order chi connectivity index (χ0) is 16.1. The van der Waals surface area contributed by atoms with E-state index >= 15 is 0 Å². The van der Waals surface area contributed by atoms with E-state index in [1.54, 1.807) is 0 Å². The maximum atomic E-state index is 5.88. The van der Waals surface area contributed by atoms with Crippen LogP contribution in [0.2, 0.25) is 6.04 Å². The lowest BCUT2D eigenvalue weighted by Gasteiger charge is -2.28. The van der Waals surface area contributed by atoms with Gasteiger partial charge in [0.25, 0.3) is 0 Å². The predicted molar refractivity (Wildman–Crippen MR) is 105 cm³/mol. The summed E-state index contributed by atoms with van der Waals surface area (Å²) in [6.45, 7) is 8.04. The van der Waals surface area contributed by atoms with Crippen molar-refractivity contribution in [1.29, 1.82) is 0 Å². The molecule has 134 valence electrons. The fourth-order valence-electron chi connectivity index (χ4n) is 2.67. The first kappa shape index (κ1) is 22.5. The summed E-state index contributed by atoms with van der Waals surface area (Å²) in [5, 5.41) is 0. The van der Waals surface area contributed by atoms with Gasteiger partial charge in [0.1, 0.15) is 0 Å². The van der Waals surface area contributed by atoms with Crippen LogP contribution in [0.4, 0.5) is 0 Å². The summed E-state index contributed by atoms with van der Waals surface area (Å²) in [6, 6.07) is 11.6. The molecule has 3 nitrogen and oxygen atoms in total. The molecule has 0 unspecified atom stereocenters. The molecule has 0 radical (unpaired) electrons. The van der Waals surface area contributed by atoms with Crippen molar-refractivity contribution in [3.05, 3.63) is 35.9 Å². The number of benzene rings is 1. The molecule has 0 amide bonds. The minimum atomic E-state index is -2.42. The van der Waals surface area contributed by atoms with Gasteiger partial charge in [0.2, 0.25) is 0 Å². The van der Waals surface area contributed by atoms with E-state index in [1.807, 2.05) is 20.8 Å². The smallest absolute Gasteiger partial charge is 0.374 e. The lowest BCUT2D eigenvalue weighted by atomic mass is 10.1. The van der Waals surface area contributed by atoms with Gasteiger partial charge in [-0.05, 0) is 56.6 Å². The fraction of sp³-hybridized carbons (Fsp3) is 0.667. The zero-order valence-corrected chi connectivity index (χ0v) is 15.5. The molecular formula is C18H36O3Si2. The van der Waals surface area contributed by atoms with E-state index in [4.69, 9.17) is 13.3 Å². The van der Waals surface area contributed by atoms with Crippen molar-refractivity contribution < 1.29 is 13.3 Å². The van der Waals surface area contributed by atoms with Crippen molar-refractivity contribution in [3.8, 4) is 0 Å². The lowest BCUT2D eigenvalue weighted by molar-refractivity contribution is 0.0706. The second kappa shape index (κ2) is 13.9. The Hall–Kier alpha value is -0.466. The van der Waals surface area contributed by atoms with Crippen molar-refractivity contribution in [2.45, 2.75) is 58.9 Å². The van der Waals surface area contributed by atoms with Crippen molar-refractivity contribution in [2.24, 2.45) is 0 Å². The van der Waals surface area contributed by atoms with E-state index in [0.29, 0.717) is 19.8 Å². The number of hydrogen-bond acceptors (Lipinski definition) is 3. The summed E-state index contributed by atoms with van der Waals surface area (Å²) in [5.74, 6) is 0. The Morgan fingerprint density at radius 3 is 1.78 bits per heavy atom. The van der Waals surface area contributed by atoms with Crippen molar-refractivity contribution >= 4 is 19.8 Å². The van der Waals surface area contributed by atoms with Gasteiger partial charge in [-0.2, -0.15) is 0 Å². The average Bonchev–Trinajstić information content (AvgIpc) is 2.52. The third-order valence-corrected chi connectivity index (χ3v) is 6.79. The summed E-state index contributed by atoms with van der Waals surface area (Å²) >= 11 is 0. The Kier molecular flexibility index (Phi) is 13.6. The second-order valence-corrected chi connectivity index (χ2v) is 8.11. The van der Waals surface area contributed by atoms with Crippen LogP contribution in [-0.4, -0.2) is 39.6 Å². The minimum Gasteiger partial charge on any atom is -0.374 e. The molecule has 1 aromatic carbocycles. The van der Waals surface area contributed by atoms with Gasteiger partial charge in [0, 0.05) is 25.9 Å². The van der Waals surface area contributed by atoms with Crippen LogP contribution in [0.15, 0.2) is 30.3 Å². The Bertz CT molecular complexity index is 357. The summed E-state index contributed by atoms with van der Waals surface area (Å²) < 4.78 is 17.6. The maximum Gasteiger partial charge on any atom is 0.500 e. The van der Waals surface area contributed by atoms with E-state index in [1.165, 1.54) is 31.2 Å². The molecule has 0 aliphatic heterocycles. The maximum absolute atomic E-state index is 5.88. The molecule has 0 spiro atoms. The molecule has 0 aliphatic carbocycles. The van der Waals surface area contributed by atoms with Gasteiger partial charge in [0.05, 0.1) is 0 Å². The highest BCUT2D eigenvalue weighted by Crippen LogP contribution is 2.20. The van der Waals surface area contributed by atoms with Crippen molar-refractivity contribution in [2.75, 3.05) is 19.8 Å². The Morgan fingerprint density at radius 2 is 1.26 bits per heavy atom. The predicted octanol–water partition coefficient (Wildman–Crippen LogP) is 3.39. The second-order valence-electron chi connectivity index (χ2n) is 5.38. The SMILES string of the molecule is CCO[Si](CCCCCCc1ccccc1)(OCC)OCC.[SiH4]. The molecule has 0 atom stereocenters. The Morgan fingerprint density at radius 1 is 0.739 bits per heavy atom. The molecule has 0 saturated heterocycles. The summed E-state index contributed by atoms with van der Waals surface area (Å²) in [6.07, 6.45) is 6.02. The summed E-state index contributed by atoms with van der Waals surface area (Å²) in [7, 11) is -2.42. The van der Waals surface area contributed by atoms with Gasteiger partial charge in [0.15, 0.2) is 0 Å². The van der Waals surface area contributed by atoms with Gasteiger partial charge in [-0.25, -0.2) is 0 Å². The lowest BCUT2D eigenvalue weighted by Crippen LogP contribution is -2.45. The van der Waals surface area contributed by atoms with E-state index in [-0.39, 0.29) is 11.0 Å². The molecule has 0 saturated carbocycles. The van der Waals surface area contributed by atoms with Crippen LogP contribution in [0.5, 0.6) is 0 Å². The van der Waals surface area contributed by atoms with Crippen LogP contribution < -0.4 is 0 Å². The quantitative estimate of drug-likeness (QED) is 0.400. The summed E-state index contributed by atoms with van der Waals surface area (Å²) in [5.41, 5.74) is 1.43. The van der Waals surface area contributed by atoms with Gasteiger partial charge >= 0.3 is 8.80 Å². The minimum absolute atomic E-state index is 0. The largest absolute Gasteiger partial charge is 0.500 e. The monoisotopic (exact) mass is 356 g/mol. The molecule has 1 aromatic rings. The number of aryl methyl sites for hydroxylation is 1. The van der Waals surface area contributed by atoms with Gasteiger partial charge in [-0.15, -0.1) is 0 Å². The number of unbranched alkanes of at least 4 members (excludes halogenated alkanes) is 3. The Balaban J connectivity index is 0.00000484.